The maximum absolute atomic E-state index is 14.6. The molecule has 0 bridgehead atoms. The number of imidazole rings is 2. The lowest BCUT2D eigenvalue weighted by Gasteiger charge is -2.25. The number of amides is 1. The highest BCUT2D eigenvalue weighted by molar-refractivity contribution is 6.30. The molecule has 0 fully saturated rings. The van der Waals surface area contributed by atoms with Crippen molar-refractivity contribution in [1.82, 2.24) is 29.7 Å². The van der Waals surface area contributed by atoms with Crippen LogP contribution in [0.5, 0.6) is 0 Å². The number of carbonyl (C=O) groups excluding carboxylic acids is 1. The van der Waals surface area contributed by atoms with Crippen molar-refractivity contribution in [2.45, 2.75) is 19.6 Å². The number of hydrogen-bond acceptors (Lipinski definition) is 4. The van der Waals surface area contributed by atoms with Crippen molar-refractivity contribution in [2.75, 3.05) is 13.6 Å². The molecule has 2 aromatic heterocycles. The number of rotatable bonds is 4. The summed E-state index contributed by atoms with van der Waals surface area (Å²) in [4.78, 5) is 36.5. The zero-order valence-electron chi connectivity index (χ0n) is 17.2. The van der Waals surface area contributed by atoms with Crippen LogP contribution in [-0.4, -0.2) is 43.9 Å². The van der Waals surface area contributed by atoms with E-state index in [0.29, 0.717) is 40.5 Å². The van der Waals surface area contributed by atoms with Gasteiger partial charge < -0.3 is 19.9 Å². The van der Waals surface area contributed by atoms with Gasteiger partial charge in [0.05, 0.1) is 22.3 Å². The van der Waals surface area contributed by atoms with Crippen LogP contribution in [-0.2, 0) is 19.6 Å². The molecule has 3 N–H and O–H groups in total. The van der Waals surface area contributed by atoms with Gasteiger partial charge in [0.15, 0.2) is 5.69 Å². The van der Waals surface area contributed by atoms with Gasteiger partial charge in [-0.25, -0.2) is 14.2 Å². The standard InChI is InChI=1S/C22H20ClFN6O2/c1-29-6-7-30-18(11-29)19(28-20(30)14-4-3-13(23)9-15(14)24)21(31)25-10-12-2-5-16-17(8-12)27-22(32)26-16/h2-5,8-9H,6-7,10-11H2,1H3,(H,25,31)(H2,26,27,32). The predicted octanol–water partition coefficient (Wildman–Crippen LogP) is 2.89. The van der Waals surface area contributed by atoms with Crippen LogP contribution < -0.4 is 11.0 Å². The van der Waals surface area contributed by atoms with E-state index in [1.165, 1.54) is 6.07 Å². The fourth-order valence-electron chi connectivity index (χ4n) is 4.01. The molecule has 0 aliphatic carbocycles. The van der Waals surface area contributed by atoms with Gasteiger partial charge >= 0.3 is 5.69 Å². The maximum Gasteiger partial charge on any atom is 0.323 e. The summed E-state index contributed by atoms with van der Waals surface area (Å²) in [6.45, 7) is 2.15. The average Bonchev–Trinajstić information content (AvgIpc) is 3.31. The monoisotopic (exact) mass is 454 g/mol. The van der Waals surface area contributed by atoms with Gasteiger partial charge in [-0.2, -0.15) is 0 Å². The van der Waals surface area contributed by atoms with E-state index in [1.807, 2.05) is 17.7 Å². The number of halogens is 2. The predicted molar refractivity (Wildman–Crippen MR) is 119 cm³/mol. The summed E-state index contributed by atoms with van der Waals surface area (Å²) < 4.78 is 16.5. The van der Waals surface area contributed by atoms with Crippen molar-refractivity contribution in [1.29, 1.82) is 0 Å². The molecule has 10 heteroatoms. The molecule has 164 valence electrons. The smallest absolute Gasteiger partial charge is 0.323 e. The molecule has 5 rings (SSSR count). The molecule has 0 spiro atoms. The first-order valence-corrected chi connectivity index (χ1v) is 10.5. The Kier molecular flexibility index (Phi) is 5.07. The van der Waals surface area contributed by atoms with Crippen LogP contribution in [0, 0.1) is 5.82 Å². The number of benzene rings is 2. The summed E-state index contributed by atoms with van der Waals surface area (Å²) in [6.07, 6.45) is 0. The molecular weight excluding hydrogens is 435 g/mol. The quantitative estimate of drug-likeness (QED) is 0.441. The Morgan fingerprint density at radius 1 is 1.19 bits per heavy atom. The van der Waals surface area contributed by atoms with Crippen molar-refractivity contribution in [3.8, 4) is 11.4 Å². The second kappa shape index (κ2) is 7.92. The Hall–Kier alpha value is -3.43. The van der Waals surface area contributed by atoms with Crippen LogP contribution in [0.25, 0.3) is 22.4 Å². The van der Waals surface area contributed by atoms with Crippen molar-refractivity contribution in [3.63, 3.8) is 0 Å². The molecule has 1 aliphatic rings. The number of nitrogens with zero attached hydrogens (tertiary/aromatic N) is 3. The minimum Gasteiger partial charge on any atom is -0.347 e. The van der Waals surface area contributed by atoms with Gasteiger partial charge in [0, 0.05) is 31.2 Å². The van der Waals surface area contributed by atoms with Crippen molar-refractivity contribution >= 4 is 28.5 Å². The summed E-state index contributed by atoms with van der Waals surface area (Å²) in [5.41, 5.74) is 3.24. The summed E-state index contributed by atoms with van der Waals surface area (Å²) >= 11 is 5.90. The molecule has 32 heavy (non-hydrogen) atoms. The Labute approximate surface area is 187 Å². The lowest BCUT2D eigenvalue weighted by atomic mass is 10.2. The number of hydrogen-bond donors (Lipinski definition) is 3. The summed E-state index contributed by atoms with van der Waals surface area (Å²) in [7, 11) is 1.97. The molecule has 0 radical (unpaired) electrons. The van der Waals surface area contributed by atoms with Gasteiger partial charge in [-0.15, -0.1) is 0 Å². The lowest BCUT2D eigenvalue weighted by Crippen LogP contribution is -2.32. The molecule has 0 unspecified atom stereocenters. The molecule has 0 atom stereocenters. The van der Waals surface area contributed by atoms with Gasteiger partial charge in [-0.1, -0.05) is 17.7 Å². The summed E-state index contributed by atoms with van der Waals surface area (Å²) in [5.74, 6) is -0.406. The number of H-pyrrole nitrogens is 2. The summed E-state index contributed by atoms with van der Waals surface area (Å²) in [6, 6.07) is 9.85. The van der Waals surface area contributed by atoms with Crippen molar-refractivity contribution in [2.24, 2.45) is 0 Å². The van der Waals surface area contributed by atoms with Crippen LogP contribution in [0.1, 0.15) is 21.7 Å². The highest BCUT2D eigenvalue weighted by Crippen LogP contribution is 2.29. The first-order valence-electron chi connectivity index (χ1n) is 10.1. The SMILES string of the molecule is CN1CCn2c(-c3ccc(Cl)cc3F)nc(C(=O)NCc3ccc4[nH]c(=O)[nH]c4c3)c2C1. The third-order valence-electron chi connectivity index (χ3n) is 5.62. The number of carbonyl (C=O) groups is 1. The van der Waals surface area contributed by atoms with Crippen molar-refractivity contribution in [3.05, 3.63) is 74.7 Å². The van der Waals surface area contributed by atoms with E-state index >= 15 is 0 Å². The van der Waals surface area contributed by atoms with Crippen LogP contribution >= 0.6 is 11.6 Å². The van der Waals surface area contributed by atoms with E-state index in [0.717, 1.165) is 17.8 Å². The Morgan fingerprint density at radius 2 is 2.00 bits per heavy atom. The highest BCUT2D eigenvalue weighted by Gasteiger charge is 2.27. The van der Waals surface area contributed by atoms with Crippen LogP contribution in [0.15, 0.2) is 41.2 Å². The minimum absolute atomic E-state index is 0.259. The number of fused-ring (bicyclic) bond motifs is 2. The van der Waals surface area contributed by atoms with Crippen LogP contribution in [0.4, 0.5) is 4.39 Å². The average molecular weight is 455 g/mol. The fraction of sp³-hybridized carbons (Fsp3) is 0.227. The number of aromatic nitrogens is 4. The van der Waals surface area contributed by atoms with E-state index < -0.39 is 5.82 Å². The molecule has 1 aliphatic heterocycles. The van der Waals surface area contributed by atoms with Gasteiger partial charge in [0.1, 0.15) is 11.6 Å². The molecular formula is C22H20ClFN6O2. The normalized spacial score (nSPS) is 14.0. The van der Waals surface area contributed by atoms with E-state index in [4.69, 9.17) is 11.6 Å². The Bertz CT molecular complexity index is 1410. The maximum atomic E-state index is 14.6. The third kappa shape index (κ3) is 3.69. The van der Waals surface area contributed by atoms with E-state index in [9.17, 15) is 14.0 Å². The zero-order chi connectivity index (χ0) is 22.4. The third-order valence-corrected chi connectivity index (χ3v) is 5.85. The minimum atomic E-state index is -0.481. The van der Waals surface area contributed by atoms with Gasteiger partial charge in [0.2, 0.25) is 0 Å². The zero-order valence-corrected chi connectivity index (χ0v) is 18.0. The molecule has 1 amide bonds. The van der Waals surface area contributed by atoms with Gasteiger partial charge in [0.25, 0.3) is 5.91 Å². The van der Waals surface area contributed by atoms with Crippen LogP contribution in [0.2, 0.25) is 5.02 Å². The second-order valence-corrected chi connectivity index (χ2v) is 8.32. The van der Waals surface area contributed by atoms with E-state index in [2.05, 4.69) is 25.2 Å². The molecule has 8 nitrogen and oxygen atoms in total. The molecule has 3 heterocycles. The van der Waals surface area contributed by atoms with Crippen LogP contribution in [0.3, 0.4) is 0 Å². The van der Waals surface area contributed by atoms with Gasteiger partial charge in [-0.3, -0.25) is 9.69 Å². The van der Waals surface area contributed by atoms with Crippen molar-refractivity contribution < 1.29 is 9.18 Å². The lowest BCUT2D eigenvalue weighted by molar-refractivity contribution is 0.0943. The summed E-state index contributed by atoms with van der Waals surface area (Å²) in [5, 5.41) is 3.19. The van der Waals surface area contributed by atoms with E-state index in [-0.39, 0.29) is 23.8 Å². The molecule has 4 aromatic rings. The van der Waals surface area contributed by atoms with E-state index in [1.54, 1.807) is 24.3 Å². The number of aromatic amines is 2. The molecule has 2 aromatic carbocycles. The Morgan fingerprint density at radius 3 is 2.81 bits per heavy atom. The molecule has 0 saturated heterocycles. The topological polar surface area (TPSA) is 98.8 Å². The number of likely N-dealkylation sites (N-methyl/N-ethyl adjacent to an activating group) is 1. The van der Waals surface area contributed by atoms with Gasteiger partial charge in [-0.05, 0) is 42.9 Å². The fourth-order valence-corrected chi connectivity index (χ4v) is 4.17. The first-order chi connectivity index (χ1) is 15.4. The molecule has 0 saturated carbocycles. The Balaban J connectivity index is 1.45. The highest BCUT2D eigenvalue weighted by atomic mass is 35.5. The number of nitrogens with one attached hydrogen (secondary N) is 3. The largest absolute Gasteiger partial charge is 0.347 e. The first kappa shape index (κ1) is 20.5. The second-order valence-electron chi connectivity index (χ2n) is 7.89.